The standard InChI is InChI=1S/C28H22N2O6/c1-2-34-18-7-5-6-16(12-18)26(31)24-25(20-14-29-21-9-4-3-8-19(20)21)30(28(33)27(24)32)17-10-11-22-23(13-17)36-15-35-22/h3-14,25,29,31H,2,15H2,1H3/b26-24+. The first-order valence-electron chi connectivity index (χ1n) is 11.6. The second kappa shape index (κ2) is 8.49. The van der Waals surface area contributed by atoms with Crippen LogP contribution in [0, 0.1) is 0 Å². The van der Waals surface area contributed by atoms with E-state index in [0.29, 0.717) is 40.7 Å². The predicted molar refractivity (Wildman–Crippen MR) is 133 cm³/mol. The monoisotopic (exact) mass is 482 g/mol. The van der Waals surface area contributed by atoms with Crippen molar-refractivity contribution in [3.63, 3.8) is 0 Å². The van der Waals surface area contributed by atoms with E-state index < -0.39 is 17.7 Å². The Morgan fingerprint density at radius 1 is 1.06 bits per heavy atom. The predicted octanol–water partition coefficient (Wildman–Crippen LogP) is 4.92. The van der Waals surface area contributed by atoms with Gasteiger partial charge in [0.1, 0.15) is 11.5 Å². The number of ketones is 1. The number of aromatic nitrogens is 1. The van der Waals surface area contributed by atoms with Crippen molar-refractivity contribution in [3.8, 4) is 17.2 Å². The van der Waals surface area contributed by atoms with Crippen LogP contribution in [0.25, 0.3) is 16.7 Å². The molecule has 180 valence electrons. The Hall–Kier alpha value is -4.72. The molecule has 3 heterocycles. The summed E-state index contributed by atoms with van der Waals surface area (Å²) in [5.74, 6) is -0.194. The Morgan fingerprint density at radius 3 is 2.75 bits per heavy atom. The lowest BCUT2D eigenvalue weighted by Gasteiger charge is -2.25. The fraction of sp³-hybridized carbons (Fsp3) is 0.143. The van der Waals surface area contributed by atoms with Crippen molar-refractivity contribution in [1.82, 2.24) is 4.98 Å². The summed E-state index contributed by atoms with van der Waals surface area (Å²) in [5.41, 5.74) is 2.37. The second-order valence-electron chi connectivity index (χ2n) is 8.46. The van der Waals surface area contributed by atoms with Crippen LogP contribution >= 0.6 is 0 Å². The number of hydrogen-bond donors (Lipinski definition) is 2. The molecule has 8 heteroatoms. The first-order chi connectivity index (χ1) is 17.6. The molecular formula is C28H22N2O6. The molecule has 0 saturated carbocycles. The summed E-state index contributed by atoms with van der Waals surface area (Å²) in [5, 5.41) is 12.3. The van der Waals surface area contributed by atoms with Gasteiger partial charge in [-0.05, 0) is 37.3 Å². The Morgan fingerprint density at radius 2 is 1.89 bits per heavy atom. The molecule has 2 aliphatic heterocycles. The normalized spacial score (nSPS) is 18.2. The number of hydrogen-bond acceptors (Lipinski definition) is 6. The van der Waals surface area contributed by atoms with Gasteiger partial charge in [-0.25, -0.2) is 0 Å². The van der Waals surface area contributed by atoms with E-state index in [1.54, 1.807) is 48.7 Å². The number of ether oxygens (including phenoxy) is 3. The maximum Gasteiger partial charge on any atom is 0.300 e. The minimum absolute atomic E-state index is 0.00364. The molecule has 4 aromatic rings. The molecule has 0 aliphatic carbocycles. The van der Waals surface area contributed by atoms with Gasteiger partial charge in [-0.3, -0.25) is 14.5 Å². The minimum Gasteiger partial charge on any atom is -0.507 e. The number of H-pyrrole nitrogens is 1. The van der Waals surface area contributed by atoms with Crippen LogP contribution in [0.5, 0.6) is 17.2 Å². The molecule has 0 spiro atoms. The van der Waals surface area contributed by atoms with Gasteiger partial charge in [0.2, 0.25) is 6.79 Å². The number of carbonyl (C=O) groups is 2. The van der Waals surface area contributed by atoms with Crippen molar-refractivity contribution < 1.29 is 28.9 Å². The van der Waals surface area contributed by atoms with E-state index >= 15 is 0 Å². The molecule has 0 bridgehead atoms. The number of Topliss-reactive ketones (excluding diaryl/α,β-unsaturated/α-hetero) is 1. The van der Waals surface area contributed by atoms with Crippen LogP contribution in [0.15, 0.2) is 78.5 Å². The van der Waals surface area contributed by atoms with Gasteiger partial charge in [0, 0.05) is 40.0 Å². The molecule has 1 saturated heterocycles. The van der Waals surface area contributed by atoms with Crippen molar-refractivity contribution >= 4 is 34.0 Å². The summed E-state index contributed by atoms with van der Waals surface area (Å²) in [6, 6.07) is 18.6. The van der Waals surface area contributed by atoms with E-state index in [-0.39, 0.29) is 18.1 Å². The lowest BCUT2D eigenvalue weighted by Crippen LogP contribution is -2.29. The average Bonchev–Trinajstić information content (AvgIpc) is 3.60. The Bertz CT molecular complexity index is 1550. The van der Waals surface area contributed by atoms with Gasteiger partial charge < -0.3 is 24.3 Å². The van der Waals surface area contributed by atoms with Crippen LogP contribution in [0.1, 0.15) is 24.1 Å². The summed E-state index contributed by atoms with van der Waals surface area (Å²) in [7, 11) is 0. The summed E-state index contributed by atoms with van der Waals surface area (Å²) in [4.78, 5) is 31.6. The van der Waals surface area contributed by atoms with Gasteiger partial charge in [-0.2, -0.15) is 0 Å². The van der Waals surface area contributed by atoms with Gasteiger partial charge in [0.15, 0.2) is 11.5 Å². The topological polar surface area (TPSA) is 101 Å². The Kier molecular flexibility index (Phi) is 5.14. The first kappa shape index (κ1) is 21.8. The third-order valence-corrected chi connectivity index (χ3v) is 6.41. The number of nitrogens with one attached hydrogen (secondary N) is 1. The highest BCUT2D eigenvalue weighted by atomic mass is 16.7. The summed E-state index contributed by atoms with van der Waals surface area (Å²) in [6.45, 7) is 2.40. The van der Waals surface area contributed by atoms with Crippen molar-refractivity contribution in [2.45, 2.75) is 13.0 Å². The second-order valence-corrected chi connectivity index (χ2v) is 8.46. The molecule has 1 fully saturated rings. The van der Waals surface area contributed by atoms with Crippen molar-refractivity contribution in [2.75, 3.05) is 18.3 Å². The fourth-order valence-corrected chi connectivity index (χ4v) is 4.80. The van der Waals surface area contributed by atoms with Crippen LogP contribution < -0.4 is 19.1 Å². The van der Waals surface area contributed by atoms with E-state index in [9.17, 15) is 14.7 Å². The van der Waals surface area contributed by atoms with Crippen molar-refractivity contribution in [3.05, 3.63) is 89.6 Å². The first-order valence-corrected chi connectivity index (χ1v) is 11.6. The molecule has 1 aromatic heterocycles. The number of benzene rings is 3. The van der Waals surface area contributed by atoms with Gasteiger partial charge in [-0.1, -0.05) is 30.3 Å². The summed E-state index contributed by atoms with van der Waals surface area (Å²) >= 11 is 0. The third kappa shape index (κ3) is 3.38. The molecule has 6 rings (SSSR count). The SMILES string of the molecule is CCOc1cccc(/C(O)=C2\C(=O)C(=O)N(c3ccc4c(c3)OCO4)C2c2c[nH]c3ccccc23)c1. The molecular weight excluding hydrogens is 460 g/mol. The quantitative estimate of drug-likeness (QED) is 0.238. The molecule has 8 nitrogen and oxygen atoms in total. The number of nitrogens with zero attached hydrogens (tertiary/aromatic N) is 1. The highest BCUT2D eigenvalue weighted by Gasteiger charge is 2.48. The van der Waals surface area contributed by atoms with Gasteiger partial charge in [0.05, 0.1) is 18.2 Å². The Balaban J connectivity index is 1.57. The molecule has 1 amide bonds. The van der Waals surface area contributed by atoms with Crippen LogP contribution in [-0.2, 0) is 9.59 Å². The number of para-hydroxylation sites is 1. The molecule has 1 unspecified atom stereocenters. The lowest BCUT2D eigenvalue weighted by molar-refractivity contribution is -0.132. The van der Waals surface area contributed by atoms with Gasteiger partial charge >= 0.3 is 0 Å². The van der Waals surface area contributed by atoms with Crippen LogP contribution in [-0.4, -0.2) is 35.2 Å². The van der Waals surface area contributed by atoms with E-state index in [4.69, 9.17) is 14.2 Å². The molecule has 3 aromatic carbocycles. The number of rotatable bonds is 5. The van der Waals surface area contributed by atoms with E-state index in [1.807, 2.05) is 31.2 Å². The molecule has 2 N–H and O–H groups in total. The minimum atomic E-state index is -0.878. The lowest BCUT2D eigenvalue weighted by atomic mass is 9.94. The summed E-state index contributed by atoms with van der Waals surface area (Å²) in [6.07, 6.45) is 1.77. The van der Waals surface area contributed by atoms with E-state index in [1.165, 1.54) is 4.90 Å². The molecule has 36 heavy (non-hydrogen) atoms. The highest BCUT2D eigenvalue weighted by molar-refractivity contribution is 6.52. The highest BCUT2D eigenvalue weighted by Crippen LogP contribution is 2.46. The van der Waals surface area contributed by atoms with Crippen LogP contribution in [0.4, 0.5) is 5.69 Å². The number of aliphatic hydroxyl groups is 1. The smallest absolute Gasteiger partial charge is 0.300 e. The number of aliphatic hydroxyl groups excluding tert-OH is 1. The zero-order valence-electron chi connectivity index (χ0n) is 19.4. The summed E-state index contributed by atoms with van der Waals surface area (Å²) < 4.78 is 16.5. The van der Waals surface area contributed by atoms with Crippen LogP contribution in [0.3, 0.4) is 0 Å². The van der Waals surface area contributed by atoms with E-state index in [0.717, 1.165) is 10.9 Å². The number of fused-ring (bicyclic) bond motifs is 2. The zero-order valence-corrected chi connectivity index (χ0v) is 19.4. The molecule has 0 radical (unpaired) electrons. The Labute approximate surface area is 206 Å². The van der Waals surface area contributed by atoms with E-state index in [2.05, 4.69) is 4.98 Å². The maximum absolute atomic E-state index is 13.5. The number of amides is 1. The average molecular weight is 482 g/mol. The number of aromatic amines is 1. The van der Waals surface area contributed by atoms with Gasteiger partial charge in [-0.15, -0.1) is 0 Å². The zero-order chi connectivity index (χ0) is 24.8. The fourth-order valence-electron chi connectivity index (χ4n) is 4.80. The van der Waals surface area contributed by atoms with Crippen LogP contribution in [0.2, 0.25) is 0 Å². The largest absolute Gasteiger partial charge is 0.507 e. The van der Waals surface area contributed by atoms with Crippen molar-refractivity contribution in [2.24, 2.45) is 0 Å². The third-order valence-electron chi connectivity index (χ3n) is 6.41. The molecule has 2 aliphatic rings. The molecule has 1 atom stereocenters. The number of carbonyl (C=O) groups excluding carboxylic acids is 2. The maximum atomic E-state index is 13.5. The van der Waals surface area contributed by atoms with Gasteiger partial charge in [0.25, 0.3) is 11.7 Å². The number of anilines is 1. The van der Waals surface area contributed by atoms with Crippen molar-refractivity contribution in [1.29, 1.82) is 0 Å².